The number of hydrogen-bond donors (Lipinski definition) is 3. The van der Waals surface area contributed by atoms with Gasteiger partial charge in [0.25, 0.3) is 5.56 Å². The average molecular weight is 356 g/mol. The van der Waals surface area contributed by atoms with Crippen LogP contribution in [0.25, 0.3) is 11.0 Å². The highest BCUT2D eigenvalue weighted by Crippen LogP contribution is 2.49. The number of fused-ring (bicyclic) bond motifs is 3. The second-order valence-electron chi connectivity index (χ2n) is 8.43. The van der Waals surface area contributed by atoms with Crippen molar-refractivity contribution in [3.05, 3.63) is 16.6 Å². The first-order valence-electron chi connectivity index (χ1n) is 9.46. The number of aromatic nitrogens is 4. The van der Waals surface area contributed by atoms with Crippen molar-refractivity contribution in [1.29, 1.82) is 0 Å². The van der Waals surface area contributed by atoms with Gasteiger partial charge in [0, 0.05) is 13.0 Å². The summed E-state index contributed by atoms with van der Waals surface area (Å²) >= 11 is 0. The number of aromatic amines is 1. The van der Waals surface area contributed by atoms with Crippen LogP contribution in [-0.2, 0) is 11.8 Å². The van der Waals surface area contributed by atoms with Crippen molar-refractivity contribution in [2.24, 2.45) is 24.8 Å². The van der Waals surface area contributed by atoms with Gasteiger partial charge in [-0.2, -0.15) is 10.1 Å². The number of nitrogens with zero attached hydrogens (tertiary/aromatic N) is 3. The zero-order valence-electron chi connectivity index (χ0n) is 15.1. The maximum atomic E-state index is 12.5. The van der Waals surface area contributed by atoms with Crippen LogP contribution in [0.1, 0.15) is 39.0 Å². The monoisotopic (exact) mass is 356 g/mol. The topological polar surface area (TPSA) is 105 Å². The van der Waals surface area contributed by atoms with Gasteiger partial charge < -0.3 is 10.6 Å². The van der Waals surface area contributed by atoms with Gasteiger partial charge in [-0.25, -0.2) is 0 Å². The lowest BCUT2D eigenvalue weighted by molar-refractivity contribution is -0.123. The van der Waals surface area contributed by atoms with Crippen molar-refractivity contribution in [1.82, 2.24) is 25.1 Å². The summed E-state index contributed by atoms with van der Waals surface area (Å²) in [4.78, 5) is 32.2. The van der Waals surface area contributed by atoms with Crippen molar-refractivity contribution >= 4 is 22.9 Å². The number of nitrogens with one attached hydrogen (secondary N) is 3. The molecule has 2 aromatic rings. The molecule has 0 radical (unpaired) electrons. The molecule has 26 heavy (non-hydrogen) atoms. The lowest BCUT2D eigenvalue weighted by atomic mass is 9.88. The molecule has 0 aromatic carbocycles. The third kappa shape index (κ3) is 2.34. The second-order valence-corrected chi connectivity index (χ2v) is 8.43. The van der Waals surface area contributed by atoms with Crippen LogP contribution < -0.4 is 16.2 Å². The molecule has 138 valence electrons. The third-order valence-corrected chi connectivity index (χ3v) is 6.62. The molecule has 3 N–H and O–H groups in total. The van der Waals surface area contributed by atoms with E-state index in [9.17, 15) is 9.59 Å². The van der Waals surface area contributed by atoms with Crippen LogP contribution >= 0.6 is 0 Å². The van der Waals surface area contributed by atoms with E-state index < -0.39 is 0 Å². The van der Waals surface area contributed by atoms with Crippen molar-refractivity contribution in [3.63, 3.8) is 0 Å². The Labute approximate surface area is 150 Å². The zero-order chi connectivity index (χ0) is 18.1. The lowest BCUT2D eigenvalue weighted by Gasteiger charge is -2.36. The Balaban J connectivity index is 1.43. The predicted octanol–water partition coefficient (Wildman–Crippen LogP) is 1.15. The third-order valence-electron chi connectivity index (χ3n) is 6.62. The number of carbonyl (C=O) groups is 1. The molecule has 3 fully saturated rings. The predicted molar refractivity (Wildman–Crippen MR) is 96.6 cm³/mol. The van der Waals surface area contributed by atoms with E-state index in [-0.39, 0.29) is 29.0 Å². The summed E-state index contributed by atoms with van der Waals surface area (Å²) in [5.74, 6) is 1.95. The number of anilines is 1. The van der Waals surface area contributed by atoms with Gasteiger partial charge >= 0.3 is 0 Å². The molecule has 0 spiro atoms. The summed E-state index contributed by atoms with van der Waals surface area (Å²) in [6, 6.07) is 0.0917. The summed E-state index contributed by atoms with van der Waals surface area (Å²) in [6.07, 6.45) is 6.66. The van der Waals surface area contributed by atoms with E-state index in [1.165, 1.54) is 6.20 Å². The van der Waals surface area contributed by atoms with E-state index >= 15 is 0 Å². The molecule has 5 rings (SSSR count). The van der Waals surface area contributed by atoms with Crippen molar-refractivity contribution in [2.75, 3.05) is 5.32 Å². The van der Waals surface area contributed by atoms with Gasteiger partial charge in [-0.15, -0.1) is 0 Å². The van der Waals surface area contributed by atoms with E-state index in [1.54, 1.807) is 11.7 Å². The molecule has 3 saturated carbocycles. The molecular formula is C18H24N6O2. The number of hydrogen-bond acceptors (Lipinski definition) is 5. The fraction of sp³-hybridized carbons (Fsp3) is 0.667. The van der Waals surface area contributed by atoms with E-state index in [1.807, 2.05) is 0 Å². The van der Waals surface area contributed by atoms with Crippen molar-refractivity contribution < 1.29 is 4.79 Å². The minimum atomic E-state index is -0.222. The largest absolute Gasteiger partial charge is 0.351 e. The van der Waals surface area contributed by atoms with Crippen molar-refractivity contribution in [3.8, 4) is 0 Å². The quantitative estimate of drug-likeness (QED) is 0.762. The summed E-state index contributed by atoms with van der Waals surface area (Å²) in [7, 11) is 1.78. The van der Waals surface area contributed by atoms with Gasteiger partial charge in [-0.3, -0.25) is 19.3 Å². The number of amides is 1. The van der Waals surface area contributed by atoms with Crippen LogP contribution in [0.15, 0.2) is 11.0 Å². The summed E-state index contributed by atoms with van der Waals surface area (Å²) in [5, 5.41) is 11.4. The normalized spacial score (nSPS) is 35.0. The SMILES string of the molecule is C[C@H]1C[C@@H]1C(=O)NC1CC2CCC1(Nc1nc3c(cnn3C)c(=O)[nH]1)C2. The number of aryl methyl sites for hydroxylation is 1. The van der Waals surface area contributed by atoms with Gasteiger partial charge in [0.15, 0.2) is 5.65 Å². The molecule has 2 heterocycles. The van der Waals surface area contributed by atoms with E-state index in [2.05, 4.69) is 32.6 Å². The number of carbonyl (C=O) groups excluding carboxylic acids is 1. The molecule has 2 aromatic heterocycles. The fourth-order valence-corrected chi connectivity index (χ4v) is 4.95. The van der Waals surface area contributed by atoms with Crippen LogP contribution in [0.3, 0.4) is 0 Å². The summed E-state index contributed by atoms with van der Waals surface area (Å²) < 4.78 is 1.60. The first kappa shape index (κ1) is 15.8. The molecule has 1 amide bonds. The molecule has 3 aliphatic rings. The molecule has 3 aliphatic carbocycles. The molecule has 5 atom stereocenters. The van der Waals surface area contributed by atoms with Crippen LogP contribution in [0.5, 0.6) is 0 Å². The average Bonchev–Trinajstić information content (AvgIpc) is 2.91. The maximum absolute atomic E-state index is 12.5. The molecule has 2 bridgehead atoms. The van der Waals surface area contributed by atoms with Gasteiger partial charge in [0.1, 0.15) is 5.39 Å². The van der Waals surface area contributed by atoms with Gasteiger partial charge in [-0.05, 0) is 43.9 Å². The standard InChI is InChI=1S/C18H24N6O2/c1-9-5-11(9)15(25)20-13-6-10-3-4-18(13,7-10)23-17-21-14-12(16(26)22-17)8-19-24(14)2/h8-11,13H,3-7H2,1-2H3,(H,20,25)(H2,21,22,23,26)/t9-,10?,11-,13?,18?/m0/s1. The zero-order valence-corrected chi connectivity index (χ0v) is 15.1. The first-order chi connectivity index (χ1) is 12.4. The minimum absolute atomic E-state index is 0.0917. The maximum Gasteiger partial charge on any atom is 0.263 e. The van der Waals surface area contributed by atoms with E-state index in [0.717, 1.165) is 32.1 Å². The highest BCUT2D eigenvalue weighted by Gasteiger charge is 2.54. The van der Waals surface area contributed by atoms with Gasteiger partial charge in [0.2, 0.25) is 11.9 Å². The molecule has 8 nitrogen and oxygen atoms in total. The van der Waals surface area contributed by atoms with E-state index in [0.29, 0.717) is 28.8 Å². The number of rotatable bonds is 4. The van der Waals surface area contributed by atoms with Crippen LogP contribution in [0.2, 0.25) is 0 Å². The molecular weight excluding hydrogens is 332 g/mol. The number of H-pyrrole nitrogens is 1. The molecule has 3 unspecified atom stereocenters. The summed E-state index contributed by atoms with van der Waals surface area (Å²) in [5.41, 5.74) is 0.148. The Morgan fingerprint density at radius 2 is 2.23 bits per heavy atom. The second kappa shape index (κ2) is 5.31. The first-order valence-corrected chi connectivity index (χ1v) is 9.46. The molecule has 0 saturated heterocycles. The van der Waals surface area contributed by atoms with Gasteiger partial charge in [-0.1, -0.05) is 6.92 Å². The Hall–Kier alpha value is -2.38. The van der Waals surface area contributed by atoms with Crippen LogP contribution in [0.4, 0.5) is 5.95 Å². The Morgan fingerprint density at radius 3 is 2.96 bits per heavy atom. The minimum Gasteiger partial charge on any atom is -0.351 e. The van der Waals surface area contributed by atoms with Crippen molar-refractivity contribution in [2.45, 2.75) is 50.6 Å². The highest BCUT2D eigenvalue weighted by molar-refractivity contribution is 5.82. The van der Waals surface area contributed by atoms with Crippen LogP contribution in [0, 0.1) is 17.8 Å². The fourth-order valence-electron chi connectivity index (χ4n) is 4.95. The van der Waals surface area contributed by atoms with Gasteiger partial charge in [0.05, 0.1) is 17.8 Å². The Kier molecular flexibility index (Phi) is 3.24. The lowest BCUT2D eigenvalue weighted by Crippen LogP contribution is -2.54. The van der Waals surface area contributed by atoms with Crippen LogP contribution in [-0.4, -0.2) is 37.2 Å². The summed E-state index contributed by atoms with van der Waals surface area (Å²) in [6.45, 7) is 2.12. The molecule has 0 aliphatic heterocycles. The Bertz CT molecular complexity index is 949. The molecule has 8 heteroatoms. The highest BCUT2D eigenvalue weighted by atomic mass is 16.2. The Morgan fingerprint density at radius 1 is 1.42 bits per heavy atom. The van der Waals surface area contributed by atoms with E-state index in [4.69, 9.17) is 0 Å². The smallest absolute Gasteiger partial charge is 0.263 e.